The van der Waals surface area contributed by atoms with Crippen LogP contribution in [0.1, 0.15) is 0 Å². The van der Waals surface area contributed by atoms with Gasteiger partial charge in [-0.15, -0.1) is 5.10 Å². The molecule has 0 aliphatic heterocycles. The predicted molar refractivity (Wildman–Crippen MR) is 50.8 cm³/mol. The molecule has 13 heavy (non-hydrogen) atoms. The highest BCUT2D eigenvalue weighted by atomic mass is 35.5. The fourth-order valence-electron chi connectivity index (χ4n) is 1.04. The van der Waals surface area contributed by atoms with Crippen LogP contribution < -0.4 is 5.73 Å². The van der Waals surface area contributed by atoms with Crippen molar-refractivity contribution in [3.63, 3.8) is 0 Å². The monoisotopic (exact) mass is 194 g/mol. The van der Waals surface area contributed by atoms with Crippen LogP contribution in [0.15, 0.2) is 30.6 Å². The number of hydrogen-bond donors (Lipinski definition) is 1. The van der Waals surface area contributed by atoms with Crippen molar-refractivity contribution in [1.82, 2.24) is 15.0 Å². The van der Waals surface area contributed by atoms with E-state index in [1.165, 1.54) is 0 Å². The maximum absolute atomic E-state index is 5.94. The lowest BCUT2D eigenvalue weighted by molar-refractivity contribution is 0.804. The van der Waals surface area contributed by atoms with Crippen LogP contribution >= 0.6 is 11.6 Å². The third-order valence-corrected chi connectivity index (χ3v) is 1.96. The molecule has 0 bridgehead atoms. The Bertz CT molecular complexity index is 410. The van der Waals surface area contributed by atoms with E-state index in [0.717, 1.165) is 5.69 Å². The summed E-state index contributed by atoms with van der Waals surface area (Å²) >= 11 is 5.94. The number of nitrogen functional groups attached to an aromatic ring is 1. The zero-order valence-corrected chi connectivity index (χ0v) is 7.44. The van der Waals surface area contributed by atoms with Crippen LogP contribution in [-0.2, 0) is 0 Å². The molecule has 2 aromatic rings. The molecule has 1 aromatic heterocycles. The molecular formula is C8H7ClN4. The summed E-state index contributed by atoms with van der Waals surface area (Å²) < 4.78 is 1.57. The number of hydrogen-bond acceptors (Lipinski definition) is 3. The number of benzene rings is 1. The minimum Gasteiger partial charge on any atom is -0.399 e. The van der Waals surface area contributed by atoms with Crippen molar-refractivity contribution in [2.45, 2.75) is 0 Å². The Labute approximate surface area is 79.9 Å². The van der Waals surface area contributed by atoms with E-state index in [0.29, 0.717) is 10.7 Å². The molecule has 0 radical (unpaired) electrons. The molecule has 0 fully saturated rings. The second kappa shape index (κ2) is 3.06. The third kappa shape index (κ3) is 1.48. The highest BCUT2D eigenvalue weighted by Gasteiger charge is 2.02. The van der Waals surface area contributed by atoms with Crippen LogP contribution in [0.25, 0.3) is 5.69 Å². The molecule has 0 saturated carbocycles. The molecule has 0 atom stereocenters. The summed E-state index contributed by atoms with van der Waals surface area (Å²) in [5, 5.41) is 8.09. The van der Waals surface area contributed by atoms with Crippen LogP contribution in [0.4, 0.5) is 5.69 Å². The van der Waals surface area contributed by atoms with Gasteiger partial charge in [-0.05, 0) is 18.2 Å². The van der Waals surface area contributed by atoms with Crippen LogP contribution in [0.3, 0.4) is 0 Å². The van der Waals surface area contributed by atoms with Crippen LogP contribution in [0.5, 0.6) is 0 Å². The minimum atomic E-state index is 0.597. The molecule has 0 amide bonds. The Morgan fingerprint density at radius 3 is 2.92 bits per heavy atom. The van der Waals surface area contributed by atoms with Gasteiger partial charge >= 0.3 is 0 Å². The summed E-state index contributed by atoms with van der Waals surface area (Å²) in [5.41, 5.74) is 7.00. The Morgan fingerprint density at radius 2 is 2.23 bits per heavy atom. The number of halogens is 1. The van der Waals surface area contributed by atoms with Gasteiger partial charge in [-0.3, -0.25) is 0 Å². The quantitative estimate of drug-likeness (QED) is 0.700. The van der Waals surface area contributed by atoms with E-state index in [1.54, 1.807) is 35.3 Å². The molecule has 0 unspecified atom stereocenters. The summed E-state index contributed by atoms with van der Waals surface area (Å²) in [6.07, 6.45) is 3.29. The average molecular weight is 195 g/mol. The second-order valence-corrected chi connectivity index (χ2v) is 2.97. The van der Waals surface area contributed by atoms with Gasteiger partial charge in [-0.1, -0.05) is 16.8 Å². The van der Waals surface area contributed by atoms with E-state index in [4.69, 9.17) is 17.3 Å². The van der Waals surface area contributed by atoms with Gasteiger partial charge in [-0.2, -0.15) is 0 Å². The van der Waals surface area contributed by atoms with E-state index in [9.17, 15) is 0 Å². The highest BCUT2D eigenvalue weighted by molar-refractivity contribution is 6.32. The smallest absolute Gasteiger partial charge is 0.0870 e. The first-order valence-electron chi connectivity index (χ1n) is 3.69. The molecule has 0 aliphatic carbocycles. The van der Waals surface area contributed by atoms with Crippen molar-refractivity contribution >= 4 is 17.3 Å². The fraction of sp³-hybridized carbons (Fsp3) is 0. The maximum atomic E-state index is 5.94. The van der Waals surface area contributed by atoms with E-state index >= 15 is 0 Å². The molecule has 1 aromatic carbocycles. The molecule has 0 saturated heterocycles. The molecule has 4 nitrogen and oxygen atoms in total. The molecule has 5 heteroatoms. The van der Waals surface area contributed by atoms with Gasteiger partial charge in [0.25, 0.3) is 0 Å². The molecular weight excluding hydrogens is 188 g/mol. The molecule has 1 heterocycles. The Hall–Kier alpha value is -1.55. The van der Waals surface area contributed by atoms with Crippen molar-refractivity contribution in [1.29, 1.82) is 0 Å². The Kier molecular flexibility index (Phi) is 1.90. The summed E-state index contributed by atoms with van der Waals surface area (Å²) in [4.78, 5) is 0. The van der Waals surface area contributed by atoms with Crippen LogP contribution in [-0.4, -0.2) is 15.0 Å². The lowest BCUT2D eigenvalue weighted by Gasteiger charge is -2.03. The van der Waals surface area contributed by atoms with Gasteiger partial charge < -0.3 is 5.73 Å². The zero-order valence-electron chi connectivity index (χ0n) is 6.68. The fourth-order valence-corrected chi connectivity index (χ4v) is 1.25. The first-order valence-corrected chi connectivity index (χ1v) is 4.07. The van der Waals surface area contributed by atoms with E-state index in [1.807, 2.05) is 0 Å². The topological polar surface area (TPSA) is 56.7 Å². The SMILES string of the molecule is Nc1ccc(Cl)c(-n2ccnn2)c1. The van der Waals surface area contributed by atoms with Gasteiger partial charge in [-0.25, -0.2) is 4.68 Å². The van der Waals surface area contributed by atoms with Crippen molar-refractivity contribution in [2.24, 2.45) is 0 Å². The van der Waals surface area contributed by atoms with Crippen molar-refractivity contribution in [3.8, 4) is 5.69 Å². The summed E-state index contributed by atoms with van der Waals surface area (Å²) in [6.45, 7) is 0. The average Bonchev–Trinajstić information content (AvgIpc) is 2.61. The molecule has 0 aliphatic rings. The van der Waals surface area contributed by atoms with Crippen molar-refractivity contribution in [3.05, 3.63) is 35.6 Å². The summed E-state index contributed by atoms with van der Waals surface area (Å²) in [7, 11) is 0. The van der Waals surface area contributed by atoms with Gasteiger partial charge in [0.15, 0.2) is 0 Å². The molecule has 2 rings (SSSR count). The van der Waals surface area contributed by atoms with E-state index in [2.05, 4.69) is 10.3 Å². The number of aromatic nitrogens is 3. The molecule has 0 spiro atoms. The number of rotatable bonds is 1. The second-order valence-electron chi connectivity index (χ2n) is 2.56. The van der Waals surface area contributed by atoms with Gasteiger partial charge in [0.1, 0.15) is 0 Å². The maximum Gasteiger partial charge on any atom is 0.0870 e. The largest absolute Gasteiger partial charge is 0.399 e. The third-order valence-electron chi connectivity index (χ3n) is 1.64. The summed E-state index contributed by atoms with van der Waals surface area (Å²) in [5.74, 6) is 0. The van der Waals surface area contributed by atoms with Crippen molar-refractivity contribution < 1.29 is 0 Å². The lowest BCUT2D eigenvalue weighted by atomic mass is 10.3. The van der Waals surface area contributed by atoms with E-state index < -0.39 is 0 Å². The van der Waals surface area contributed by atoms with Gasteiger partial charge in [0.2, 0.25) is 0 Å². The van der Waals surface area contributed by atoms with Crippen LogP contribution in [0.2, 0.25) is 5.02 Å². The Balaban J connectivity index is 2.57. The molecule has 2 N–H and O–H groups in total. The van der Waals surface area contributed by atoms with Gasteiger partial charge in [0, 0.05) is 5.69 Å². The molecule has 66 valence electrons. The minimum absolute atomic E-state index is 0.597. The van der Waals surface area contributed by atoms with Gasteiger partial charge in [0.05, 0.1) is 23.1 Å². The predicted octanol–water partition coefficient (Wildman–Crippen LogP) is 1.50. The standard InChI is InChI=1S/C8H7ClN4/c9-7-2-1-6(10)5-8(7)13-4-3-11-12-13/h1-5H,10H2. The highest BCUT2D eigenvalue weighted by Crippen LogP contribution is 2.21. The van der Waals surface area contributed by atoms with Crippen LogP contribution in [0, 0.1) is 0 Å². The first-order chi connectivity index (χ1) is 6.27. The number of anilines is 1. The van der Waals surface area contributed by atoms with Crippen molar-refractivity contribution in [2.75, 3.05) is 5.73 Å². The lowest BCUT2D eigenvalue weighted by Crippen LogP contribution is -1.97. The summed E-state index contributed by atoms with van der Waals surface area (Å²) in [6, 6.07) is 5.22. The van der Waals surface area contributed by atoms with E-state index in [-0.39, 0.29) is 0 Å². The first kappa shape index (κ1) is 8.07. The number of nitrogens with zero attached hydrogens (tertiary/aromatic N) is 3. The number of nitrogens with two attached hydrogens (primary N) is 1. The normalized spacial score (nSPS) is 10.2. The zero-order chi connectivity index (χ0) is 9.26. The Morgan fingerprint density at radius 1 is 1.38 bits per heavy atom.